The first-order valence-electron chi connectivity index (χ1n) is 7.77. The molecular formula is C17H20ClN3. The van der Waals surface area contributed by atoms with Crippen LogP contribution in [0.25, 0.3) is 10.9 Å². The number of pyridine rings is 1. The molecule has 1 saturated carbocycles. The molecule has 1 aromatic carbocycles. The molecule has 2 aliphatic rings. The topological polar surface area (TPSA) is 28.2 Å². The summed E-state index contributed by atoms with van der Waals surface area (Å²) < 4.78 is 0. The lowest BCUT2D eigenvalue weighted by atomic mass is 10.1. The van der Waals surface area contributed by atoms with Gasteiger partial charge in [-0.25, -0.2) is 0 Å². The number of aryl methyl sites for hydroxylation is 1. The third-order valence-corrected chi connectivity index (χ3v) is 4.96. The Kier molecular flexibility index (Phi) is 3.27. The number of benzene rings is 1. The van der Waals surface area contributed by atoms with Crippen LogP contribution < -0.4 is 5.32 Å². The molecule has 0 spiro atoms. The van der Waals surface area contributed by atoms with Gasteiger partial charge in [-0.3, -0.25) is 9.88 Å². The normalized spacial score (nSPS) is 22.9. The van der Waals surface area contributed by atoms with Gasteiger partial charge in [0.25, 0.3) is 0 Å². The Balaban J connectivity index is 1.64. The molecule has 110 valence electrons. The summed E-state index contributed by atoms with van der Waals surface area (Å²) in [5, 5.41) is 5.61. The van der Waals surface area contributed by atoms with Gasteiger partial charge in [0.15, 0.2) is 0 Å². The molecule has 0 radical (unpaired) electrons. The van der Waals surface area contributed by atoms with Crippen molar-refractivity contribution >= 4 is 28.2 Å². The summed E-state index contributed by atoms with van der Waals surface area (Å²) in [5.41, 5.74) is 3.22. The number of anilines is 1. The monoisotopic (exact) mass is 301 g/mol. The van der Waals surface area contributed by atoms with Gasteiger partial charge in [-0.15, -0.1) is 0 Å². The van der Waals surface area contributed by atoms with E-state index in [4.69, 9.17) is 11.6 Å². The smallest absolute Gasteiger partial charge is 0.0752 e. The van der Waals surface area contributed by atoms with Crippen molar-refractivity contribution in [3.8, 4) is 0 Å². The second-order valence-corrected chi connectivity index (χ2v) is 6.71. The van der Waals surface area contributed by atoms with Gasteiger partial charge in [0.2, 0.25) is 0 Å². The molecule has 1 aliphatic heterocycles. The standard InChI is InChI=1S/C17H20ClN3/c1-11-9-15(18)17(14-3-2-7-19-16(11)14)20-12-6-8-21(10-12)13-4-5-13/h2-3,7,9,12-13,20H,4-6,8,10H2,1H3. The predicted molar refractivity (Wildman–Crippen MR) is 88.1 cm³/mol. The molecular weight excluding hydrogens is 282 g/mol. The van der Waals surface area contributed by atoms with Crippen molar-refractivity contribution in [2.45, 2.75) is 38.3 Å². The van der Waals surface area contributed by atoms with Crippen molar-refractivity contribution in [2.75, 3.05) is 18.4 Å². The van der Waals surface area contributed by atoms with Gasteiger partial charge in [0.1, 0.15) is 0 Å². The zero-order valence-electron chi connectivity index (χ0n) is 12.3. The summed E-state index contributed by atoms with van der Waals surface area (Å²) >= 11 is 6.49. The van der Waals surface area contributed by atoms with Crippen LogP contribution in [0, 0.1) is 6.92 Å². The molecule has 2 aromatic rings. The van der Waals surface area contributed by atoms with Gasteiger partial charge in [-0.2, -0.15) is 0 Å². The van der Waals surface area contributed by atoms with Crippen molar-refractivity contribution < 1.29 is 0 Å². The summed E-state index contributed by atoms with van der Waals surface area (Å²) in [6.45, 7) is 4.41. The van der Waals surface area contributed by atoms with Gasteiger partial charge in [-0.05, 0) is 49.9 Å². The van der Waals surface area contributed by atoms with Crippen LogP contribution in [0.1, 0.15) is 24.8 Å². The third kappa shape index (κ3) is 2.49. The third-order valence-electron chi connectivity index (χ3n) is 4.66. The average Bonchev–Trinajstić information content (AvgIpc) is 3.23. The average molecular weight is 302 g/mol. The molecule has 1 saturated heterocycles. The number of rotatable bonds is 3. The lowest BCUT2D eigenvalue weighted by Gasteiger charge is -2.19. The molecule has 21 heavy (non-hydrogen) atoms. The van der Waals surface area contributed by atoms with E-state index in [1.165, 1.54) is 25.8 Å². The molecule has 4 rings (SSSR count). The Morgan fingerprint density at radius 1 is 1.33 bits per heavy atom. The number of aromatic nitrogens is 1. The molecule has 0 bridgehead atoms. The van der Waals surface area contributed by atoms with Crippen LogP contribution in [-0.2, 0) is 0 Å². The van der Waals surface area contributed by atoms with E-state index >= 15 is 0 Å². The Labute approximate surface area is 130 Å². The summed E-state index contributed by atoms with van der Waals surface area (Å²) in [5.74, 6) is 0. The minimum Gasteiger partial charge on any atom is -0.379 e. The van der Waals surface area contributed by atoms with Crippen molar-refractivity contribution in [3.63, 3.8) is 0 Å². The van der Waals surface area contributed by atoms with Crippen LogP contribution >= 0.6 is 11.6 Å². The molecule has 4 heteroatoms. The van der Waals surface area contributed by atoms with E-state index in [0.29, 0.717) is 6.04 Å². The number of fused-ring (bicyclic) bond motifs is 1. The zero-order valence-corrected chi connectivity index (χ0v) is 13.0. The molecule has 1 aliphatic carbocycles. The second kappa shape index (κ2) is 5.15. The zero-order chi connectivity index (χ0) is 14.4. The highest BCUT2D eigenvalue weighted by Gasteiger charge is 2.34. The molecule has 2 fully saturated rings. The highest BCUT2D eigenvalue weighted by Crippen LogP contribution is 2.35. The Bertz CT molecular complexity index is 681. The number of hydrogen-bond acceptors (Lipinski definition) is 3. The first-order valence-corrected chi connectivity index (χ1v) is 8.14. The fraction of sp³-hybridized carbons (Fsp3) is 0.471. The Hall–Kier alpha value is -1.32. The fourth-order valence-corrected chi connectivity index (χ4v) is 3.73. The van der Waals surface area contributed by atoms with Crippen molar-refractivity contribution in [1.82, 2.24) is 9.88 Å². The fourth-order valence-electron chi connectivity index (χ4n) is 3.41. The van der Waals surface area contributed by atoms with Crippen LogP contribution in [-0.4, -0.2) is 35.1 Å². The first kappa shape index (κ1) is 13.4. The molecule has 3 nitrogen and oxygen atoms in total. The quantitative estimate of drug-likeness (QED) is 0.933. The minimum absolute atomic E-state index is 0.495. The van der Waals surface area contributed by atoms with Crippen LogP contribution in [0.4, 0.5) is 5.69 Å². The van der Waals surface area contributed by atoms with E-state index in [9.17, 15) is 0 Å². The van der Waals surface area contributed by atoms with Gasteiger partial charge < -0.3 is 5.32 Å². The second-order valence-electron chi connectivity index (χ2n) is 6.31. The van der Waals surface area contributed by atoms with Gasteiger partial charge in [0, 0.05) is 36.8 Å². The highest BCUT2D eigenvalue weighted by molar-refractivity contribution is 6.35. The van der Waals surface area contributed by atoms with Crippen LogP contribution in [0.15, 0.2) is 24.4 Å². The maximum absolute atomic E-state index is 6.49. The van der Waals surface area contributed by atoms with Crippen molar-refractivity contribution in [1.29, 1.82) is 0 Å². The van der Waals surface area contributed by atoms with E-state index in [2.05, 4.69) is 28.2 Å². The largest absolute Gasteiger partial charge is 0.379 e. The Morgan fingerprint density at radius 2 is 2.19 bits per heavy atom. The molecule has 1 N–H and O–H groups in total. The van der Waals surface area contributed by atoms with Gasteiger partial charge >= 0.3 is 0 Å². The lowest BCUT2D eigenvalue weighted by molar-refractivity contribution is 0.326. The van der Waals surface area contributed by atoms with E-state index in [0.717, 1.165) is 39.8 Å². The van der Waals surface area contributed by atoms with E-state index < -0.39 is 0 Å². The minimum atomic E-state index is 0.495. The van der Waals surface area contributed by atoms with Crippen molar-refractivity contribution in [3.05, 3.63) is 35.0 Å². The van der Waals surface area contributed by atoms with Crippen molar-refractivity contribution in [2.24, 2.45) is 0 Å². The van der Waals surface area contributed by atoms with Gasteiger partial charge in [0.05, 0.1) is 16.2 Å². The van der Waals surface area contributed by atoms with Crippen LogP contribution in [0.5, 0.6) is 0 Å². The SMILES string of the molecule is Cc1cc(Cl)c(NC2CCN(C3CC3)C2)c2cccnc12. The number of nitrogens with zero attached hydrogens (tertiary/aromatic N) is 2. The Morgan fingerprint density at radius 3 is 3.00 bits per heavy atom. The molecule has 2 heterocycles. The highest BCUT2D eigenvalue weighted by atomic mass is 35.5. The number of likely N-dealkylation sites (tertiary alicyclic amines) is 1. The predicted octanol–water partition coefficient (Wildman–Crippen LogP) is 3.85. The maximum Gasteiger partial charge on any atom is 0.0752 e. The summed E-state index contributed by atoms with van der Waals surface area (Å²) in [7, 11) is 0. The summed E-state index contributed by atoms with van der Waals surface area (Å²) in [6.07, 6.45) is 5.80. The maximum atomic E-state index is 6.49. The molecule has 0 amide bonds. The molecule has 1 unspecified atom stereocenters. The van der Waals surface area contributed by atoms with Crippen LogP contribution in [0.3, 0.4) is 0 Å². The summed E-state index contributed by atoms with van der Waals surface area (Å²) in [4.78, 5) is 7.11. The lowest BCUT2D eigenvalue weighted by Crippen LogP contribution is -2.27. The molecule has 1 aromatic heterocycles. The first-order chi connectivity index (χ1) is 10.2. The number of halogens is 1. The van der Waals surface area contributed by atoms with Gasteiger partial charge in [-0.1, -0.05) is 11.6 Å². The number of hydrogen-bond donors (Lipinski definition) is 1. The van der Waals surface area contributed by atoms with E-state index in [-0.39, 0.29) is 0 Å². The summed E-state index contributed by atoms with van der Waals surface area (Å²) in [6, 6.07) is 7.45. The van der Waals surface area contributed by atoms with Crippen LogP contribution in [0.2, 0.25) is 5.02 Å². The number of nitrogens with one attached hydrogen (secondary N) is 1. The molecule has 1 atom stereocenters. The van der Waals surface area contributed by atoms with E-state index in [1.54, 1.807) is 0 Å². The van der Waals surface area contributed by atoms with E-state index in [1.807, 2.05) is 18.3 Å².